The third-order valence-corrected chi connectivity index (χ3v) is 3.79. The molecule has 2 aromatic rings. The van der Waals surface area contributed by atoms with E-state index in [9.17, 15) is 4.39 Å². The smallest absolute Gasteiger partial charge is 0.141 e. The van der Waals surface area contributed by atoms with E-state index in [1.165, 1.54) is 6.07 Å². The summed E-state index contributed by atoms with van der Waals surface area (Å²) in [6, 6.07) is 4.55. The fourth-order valence-corrected chi connectivity index (χ4v) is 2.44. The SMILES string of the molecule is Fc1ccc(-c2cn(CCN3CCOCC3)nn2)cc1Cl. The summed E-state index contributed by atoms with van der Waals surface area (Å²) in [7, 11) is 0. The van der Waals surface area contributed by atoms with Crippen molar-refractivity contribution in [1.29, 1.82) is 0 Å². The number of hydrogen-bond acceptors (Lipinski definition) is 4. The van der Waals surface area contributed by atoms with Gasteiger partial charge in [0.25, 0.3) is 0 Å². The van der Waals surface area contributed by atoms with Crippen LogP contribution >= 0.6 is 11.6 Å². The van der Waals surface area contributed by atoms with Crippen LogP contribution in [-0.4, -0.2) is 52.7 Å². The van der Waals surface area contributed by atoms with Crippen LogP contribution in [0, 0.1) is 5.82 Å². The number of nitrogens with zero attached hydrogens (tertiary/aromatic N) is 4. The van der Waals surface area contributed by atoms with Gasteiger partial charge < -0.3 is 4.74 Å². The molecular weight excluding hydrogens is 295 g/mol. The van der Waals surface area contributed by atoms with E-state index in [1.54, 1.807) is 16.8 Å². The number of benzene rings is 1. The van der Waals surface area contributed by atoms with Crippen LogP contribution in [-0.2, 0) is 11.3 Å². The third kappa shape index (κ3) is 3.58. The molecule has 7 heteroatoms. The molecule has 21 heavy (non-hydrogen) atoms. The molecule has 0 bridgehead atoms. The number of halogens is 2. The molecule has 3 rings (SSSR count). The molecule has 1 aliphatic heterocycles. The largest absolute Gasteiger partial charge is 0.379 e. The van der Waals surface area contributed by atoms with Crippen molar-refractivity contribution in [2.24, 2.45) is 0 Å². The number of morpholine rings is 1. The molecule has 1 aromatic carbocycles. The van der Waals surface area contributed by atoms with Gasteiger partial charge >= 0.3 is 0 Å². The molecule has 0 saturated carbocycles. The topological polar surface area (TPSA) is 43.2 Å². The lowest BCUT2D eigenvalue weighted by molar-refractivity contribution is 0.0359. The Morgan fingerprint density at radius 2 is 2.05 bits per heavy atom. The molecule has 5 nitrogen and oxygen atoms in total. The summed E-state index contributed by atoms with van der Waals surface area (Å²) in [4.78, 5) is 2.33. The van der Waals surface area contributed by atoms with Gasteiger partial charge in [0.2, 0.25) is 0 Å². The highest BCUT2D eigenvalue weighted by Crippen LogP contribution is 2.22. The minimum Gasteiger partial charge on any atom is -0.379 e. The van der Waals surface area contributed by atoms with Gasteiger partial charge in [0.1, 0.15) is 11.5 Å². The van der Waals surface area contributed by atoms with Crippen LogP contribution in [0.25, 0.3) is 11.3 Å². The average Bonchev–Trinajstić information content (AvgIpc) is 2.98. The summed E-state index contributed by atoms with van der Waals surface area (Å²) in [6.07, 6.45) is 1.85. The lowest BCUT2D eigenvalue weighted by atomic mass is 10.2. The number of hydrogen-bond donors (Lipinski definition) is 0. The zero-order valence-electron chi connectivity index (χ0n) is 11.5. The van der Waals surface area contributed by atoms with Crippen molar-refractivity contribution in [1.82, 2.24) is 19.9 Å². The second-order valence-electron chi connectivity index (χ2n) is 4.95. The summed E-state index contributed by atoms with van der Waals surface area (Å²) in [5.74, 6) is -0.430. The van der Waals surface area contributed by atoms with Crippen LogP contribution in [0.4, 0.5) is 4.39 Å². The fourth-order valence-electron chi connectivity index (χ4n) is 2.26. The van der Waals surface area contributed by atoms with Gasteiger partial charge in [0.05, 0.1) is 31.0 Å². The highest BCUT2D eigenvalue weighted by atomic mass is 35.5. The van der Waals surface area contributed by atoms with Crippen molar-refractivity contribution >= 4 is 11.6 Å². The maximum Gasteiger partial charge on any atom is 0.141 e. The maximum atomic E-state index is 13.2. The number of aromatic nitrogens is 3. The first-order valence-corrected chi connectivity index (χ1v) is 7.26. The molecule has 1 aromatic heterocycles. The predicted octanol–water partition coefficient (Wildman–Crippen LogP) is 2.07. The quantitative estimate of drug-likeness (QED) is 0.867. The van der Waals surface area contributed by atoms with Crippen molar-refractivity contribution in [3.63, 3.8) is 0 Å². The van der Waals surface area contributed by atoms with E-state index in [-0.39, 0.29) is 5.02 Å². The summed E-state index contributed by atoms with van der Waals surface area (Å²) in [5, 5.41) is 8.30. The standard InChI is InChI=1S/C14H16ClFN4O/c15-12-9-11(1-2-13(12)16)14-10-20(18-17-14)4-3-19-5-7-21-8-6-19/h1-2,9-10H,3-8H2. The molecule has 0 aliphatic carbocycles. The Balaban J connectivity index is 1.63. The van der Waals surface area contributed by atoms with Crippen LogP contribution in [0.1, 0.15) is 0 Å². The van der Waals surface area contributed by atoms with E-state index in [0.717, 1.165) is 45.0 Å². The minimum atomic E-state index is -0.430. The van der Waals surface area contributed by atoms with E-state index in [4.69, 9.17) is 16.3 Å². The molecule has 1 saturated heterocycles. The van der Waals surface area contributed by atoms with E-state index >= 15 is 0 Å². The second kappa shape index (κ2) is 6.51. The number of rotatable bonds is 4. The Bertz CT molecular complexity index is 613. The van der Waals surface area contributed by atoms with Gasteiger partial charge in [-0.1, -0.05) is 16.8 Å². The lowest BCUT2D eigenvalue weighted by Gasteiger charge is -2.26. The minimum absolute atomic E-state index is 0.0929. The Kier molecular flexibility index (Phi) is 4.48. The molecule has 0 amide bonds. The Labute approximate surface area is 127 Å². The van der Waals surface area contributed by atoms with Gasteiger partial charge in [-0.3, -0.25) is 9.58 Å². The van der Waals surface area contributed by atoms with Crippen molar-refractivity contribution in [2.75, 3.05) is 32.8 Å². The number of ether oxygens (including phenoxy) is 1. The van der Waals surface area contributed by atoms with Gasteiger partial charge in [-0.05, 0) is 18.2 Å². The second-order valence-corrected chi connectivity index (χ2v) is 5.36. The Hall–Kier alpha value is -1.50. The molecule has 0 unspecified atom stereocenters. The predicted molar refractivity (Wildman–Crippen MR) is 77.7 cm³/mol. The van der Waals surface area contributed by atoms with Crippen molar-refractivity contribution < 1.29 is 9.13 Å². The summed E-state index contributed by atoms with van der Waals surface area (Å²) in [6.45, 7) is 5.16. The molecule has 0 atom stereocenters. The van der Waals surface area contributed by atoms with Crippen LogP contribution in [0.2, 0.25) is 5.02 Å². The van der Waals surface area contributed by atoms with Crippen LogP contribution < -0.4 is 0 Å². The molecule has 1 fully saturated rings. The van der Waals surface area contributed by atoms with E-state index in [2.05, 4.69) is 15.2 Å². The molecule has 1 aliphatic rings. The normalized spacial score (nSPS) is 16.3. The van der Waals surface area contributed by atoms with Gasteiger partial charge in [-0.15, -0.1) is 5.10 Å². The van der Waals surface area contributed by atoms with Crippen LogP contribution in [0.15, 0.2) is 24.4 Å². The van der Waals surface area contributed by atoms with Crippen molar-refractivity contribution in [3.05, 3.63) is 35.2 Å². The highest BCUT2D eigenvalue weighted by Gasteiger charge is 2.11. The van der Waals surface area contributed by atoms with Crippen molar-refractivity contribution in [2.45, 2.75) is 6.54 Å². The first-order valence-electron chi connectivity index (χ1n) is 6.88. The lowest BCUT2D eigenvalue weighted by Crippen LogP contribution is -2.38. The zero-order valence-corrected chi connectivity index (χ0v) is 12.3. The molecule has 0 N–H and O–H groups in total. The summed E-state index contributed by atoms with van der Waals surface area (Å²) >= 11 is 5.78. The van der Waals surface area contributed by atoms with Gasteiger partial charge in [0.15, 0.2) is 0 Å². The van der Waals surface area contributed by atoms with Crippen LogP contribution in [0.3, 0.4) is 0 Å². The average molecular weight is 311 g/mol. The Morgan fingerprint density at radius 3 is 2.81 bits per heavy atom. The van der Waals surface area contributed by atoms with E-state index in [0.29, 0.717) is 5.69 Å². The summed E-state index contributed by atoms with van der Waals surface area (Å²) < 4.78 is 20.3. The third-order valence-electron chi connectivity index (χ3n) is 3.50. The van der Waals surface area contributed by atoms with Crippen molar-refractivity contribution in [3.8, 4) is 11.3 Å². The summed E-state index contributed by atoms with van der Waals surface area (Å²) in [5.41, 5.74) is 1.46. The first kappa shape index (κ1) is 14.4. The molecule has 112 valence electrons. The molecule has 2 heterocycles. The van der Waals surface area contributed by atoms with Gasteiger partial charge in [0, 0.05) is 25.2 Å². The van der Waals surface area contributed by atoms with E-state index < -0.39 is 5.82 Å². The van der Waals surface area contributed by atoms with E-state index in [1.807, 2.05) is 6.20 Å². The van der Waals surface area contributed by atoms with Gasteiger partial charge in [-0.25, -0.2) is 4.39 Å². The van der Waals surface area contributed by atoms with Gasteiger partial charge in [-0.2, -0.15) is 0 Å². The Morgan fingerprint density at radius 1 is 1.24 bits per heavy atom. The zero-order chi connectivity index (χ0) is 14.7. The molecular formula is C14H16ClFN4O. The first-order chi connectivity index (χ1) is 10.2. The maximum absolute atomic E-state index is 13.2. The molecule has 0 spiro atoms. The molecule has 0 radical (unpaired) electrons. The highest BCUT2D eigenvalue weighted by molar-refractivity contribution is 6.31. The fraction of sp³-hybridized carbons (Fsp3) is 0.429. The van der Waals surface area contributed by atoms with Crippen LogP contribution in [0.5, 0.6) is 0 Å². The monoisotopic (exact) mass is 310 g/mol.